The van der Waals surface area contributed by atoms with E-state index in [1.54, 1.807) is 13.8 Å². The quantitative estimate of drug-likeness (QED) is 0.827. The average Bonchev–Trinajstić information content (AvgIpc) is 2.33. The molecule has 0 unspecified atom stereocenters. The molecular formula is C16H23NO2. The van der Waals surface area contributed by atoms with Gasteiger partial charge < -0.3 is 10.4 Å². The van der Waals surface area contributed by atoms with Gasteiger partial charge in [0.1, 0.15) is 0 Å². The average molecular weight is 261 g/mol. The van der Waals surface area contributed by atoms with Crippen molar-refractivity contribution >= 4 is 5.97 Å². The normalized spacial score (nSPS) is 22.8. The molecule has 19 heavy (non-hydrogen) atoms. The van der Waals surface area contributed by atoms with E-state index in [2.05, 4.69) is 29.6 Å². The minimum Gasteiger partial charge on any atom is -0.481 e. The number of hydrogen-bond acceptors (Lipinski definition) is 2. The van der Waals surface area contributed by atoms with Gasteiger partial charge in [0.05, 0.1) is 5.41 Å². The molecule has 0 amide bonds. The van der Waals surface area contributed by atoms with Gasteiger partial charge in [-0.2, -0.15) is 0 Å². The Morgan fingerprint density at radius 1 is 1.32 bits per heavy atom. The van der Waals surface area contributed by atoms with Crippen molar-refractivity contribution in [3.05, 3.63) is 35.9 Å². The summed E-state index contributed by atoms with van der Waals surface area (Å²) in [6, 6.07) is 11.2. The first-order chi connectivity index (χ1) is 8.99. The first kappa shape index (κ1) is 14.1. The van der Waals surface area contributed by atoms with Crippen molar-refractivity contribution in [1.82, 2.24) is 5.32 Å². The summed E-state index contributed by atoms with van der Waals surface area (Å²) in [4.78, 5) is 11.0. The van der Waals surface area contributed by atoms with E-state index in [9.17, 15) is 4.79 Å². The second-order valence-corrected chi connectivity index (χ2v) is 6.17. The number of nitrogens with one attached hydrogen (secondary N) is 1. The monoisotopic (exact) mass is 261 g/mol. The van der Waals surface area contributed by atoms with Gasteiger partial charge in [-0.1, -0.05) is 30.3 Å². The summed E-state index contributed by atoms with van der Waals surface area (Å²) in [6.07, 6.45) is 3.00. The lowest BCUT2D eigenvalue weighted by molar-refractivity contribution is -0.147. The zero-order valence-corrected chi connectivity index (χ0v) is 11.7. The number of benzene rings is 1. The highest BCUT2D eigenvalue weighted by atomic mass is 16.4. The molecule has 1 aliphatic carbocycles. The lowest BCUT2D eigenvalue weighted by Gasteiger charge is -2.37. The van der Waals surface area contributed by atoms with Gasteiger partial charge >= 0.3 is 5.97 Å². The third kappa shape index (κ3) is 3.57. The van der Waals surface area contributed by atoms with E-state index in [-0.39, 0.29) is 0 Å². The van der Waals surface area contributed by atoms with Crippen molar-refractivity contribution in [2.24, 2.45) is 5.41 Å². The van der Waals surface area contributed by atoms with Crippen LogP contribution in [0.4, 0.5) is 0 Å². The SMILES string of the molecule is CC(C)(CCNC1CC(c2ccccc2)C1)C(=O)O. The fourth-order valence-electron chi connectivity index (χ4n) is 2.48. The lowest BCUT2D eigenvalue weighted by Crippen LogP contribution is -2.42. The molecule has 0 radical (unpaired) electrons. The van der Waals surface area contributed by atoms with Gasteiger partial charge in [0.2, 0.25) is 0 Å². The number of aliphatic carboxylic acids is 1. The summed E-state index contributed by atoms with van der Waals surface area (Å²) in [5.74, 6) is -0.0451. The number of carbonyl (C=O) groups is 1. The first-order valence-electron chi connectivity index (χ1n) is 7.01. The van der Waals surface area contributed by atoms with Gasteiger partial charge in [0, 0.05) is 6.04 Å². The van der Waals surface area contributed by atoms with Crippen LogP contribution in [0.3, 0.4) is 0 Å². The molecule has 104 valence electrons. The minimum absolute atomic E-state index is 0.551. The fourth-order valence-corrected chi connectivity index (χ4v) is 2.48. The molecule has 0 heterocycles. The highest BCUT2D eigenvalue weighted by molar-refractivity contribution is 5.73. The third-order valence-corrected chi connectivity index (χ3v) is 4.17. The van der Waals surface area contributed by atoms with Gasteiger partial charge in [0.25, 0.3) is 0 Å². The van der Waals surface area contributed by atoms with Crippen LogP contribution in [-0.2, 0) is 4.79 Å². The Morgan fingerprint density at radius 2 is 1.95 bits per heavy atom. The summed E-state index contributed by atoms with van der Waals surface area (Å²) in [6.45, 7) is 4.35. The Morgan fingerprint density at radius 3 is 2.53 bits per heavy atom. The van der Waals surface area contributed by atoms with Crippen molar-refractivity contribution < 1.29 is 9.90 Å². The molecule has 0 spiro atoms. The van der Waals surface area contributed by atoms with Crippen molar-refractivity contribution in [1.29, 1.82) is 0 Å². The molecule has 0 aromatic heterocycles. The van der Waals surface area contributed by atoms with Crippen LogP contribution in [0.1, 0.15) is 44.6 Å². The molecule has 0 saturated heterocycles. The number of rotatable bonds is 6. The van der Waals surface area contributed by atoms with E-state index in [4.69, 9.17) is 5.11 Å². The van der Waals surface area contributed by atoms with Crippen LogP contribution in [0, 0.1) is 5.41 Å². The molecule has 3 heteroatoms. The van der Waals surface area contributed by atoms with E-state index in [0.29, 0.717) is 18.4 Å². The van der Waals surface area contributed by atoms with Crippen LogP contribution in [0.2, 0.25) is 0 Å². The van der Waals surface area contributed by atoms with E-state index < -0.39 is 11.4 Å². The molecule has 0 bridgehead atoms. The molecule has 1 aliphatic rings. The minimum atomic E-state index is -0.718. The summed E-state index contributed by atoms with van der Waals surface area (Å²) in [7, 11) is 0. The molecule has 0 atom stereocenters. The molecule has 2 N–H and O–H groups in total. The van der Waals surface area contributed by atoms with Gasteiger partial charge in [-0.05, 0) is 51.1 Å². The molecule has 1 aromatic carbocycles. The Bertz CT molecular complexity index is 422. The summed E-state index contributed by atoms with van der Waals surface area (Å²) >= 11 is 0. The second-order valence-electron chi connectivity index (χ2n) is 6.17. The largest absolute Gasteiger partial charge is 0.481 e. The van der Waals surface area contributed by atoms with E-state index >= 15 is 0 Å². The van der Waals surface area contributed by atoms with Crippen LogP contribution >= 0.6 is 0 Å². The number of hydrogen-bond donors (Lipinski definition) is 2. The van der Waals surface area contributed by atoms with E-state index in [1.165, 1.54) is 5.56 Å². The van der Waals surface area contributed by atoms with Gasteiger partial charge in [-0.25, -0.2) is 0 Å². The second kappa shape index (κ2) is 5.74. The predicted molar refractivity (Wildman–Crippen MR) is 76.2 cm³/mol. The molecule has 1 aromatic rings. The third-order valence-electron chi connectivity index (χ3n) is 4.17. The Balaban J connectivity index is 1.67. The number of carboxylic acid groups (broad SMARTS) is 1. The lowest BCUT2D eigenvalue weighted by atomic mass is 9.75. The zero-order valence-electron chi connectivity index (χ0n) is 11.7. The van der Waals surface area contributed by atoms with E-state index in [0.717, 1.165) is 19.4 Å². The molecule has 2 rings (SSSR count). The summed E-state index contributed by atoms with van der Waals surface area (Å²) in [5, 5.41) is 12.5. The van der Waals surface area contributed by atoms with E-state index in [1.807, 2.05) is 6.07 Å². The summed E-state index contributed by atoms with van der Waals surface area (Å²) in [5.41, 5.74) is 0.793. The molecular weight excluding hydrogens is 238 g/mol. The Hall–Kier alpha value is -1.35. The molecule has 3 nitrogen and oxygen atoms in total. The maximum Gasteiger partial charge on any atom is 0.309 e. The maximum atomic E-state index is 11.0. The van der Waals surface area contributed by atoms with Crippen LogP contribution in [0.15, 0.2) is 30.3 Å². The highest BCUT2D eigenvalue weighted by Gasteiger charge is 2.31. The van der Waals surface area contributed by atoms with Crippen molar-refractivity contribution in [2.45, 2.75) is 45.1 Å². The first-order valence-corrected chi connectivity index (χ1v) is 7.01. The Labute approximate surface area is 115 Å². The van der Waals surface area contributed by atoms with Crippen LogP contribution in [0.25, 0.3) is 0 Å². The van der Waals surface area contributed by atoms with Gasteiger partial charge in [0.15, 0.2) is 0 Å². The number of carboxylic acids is 1. The van der Waals surface area contributed by atoms with Crippen LogP contribution in [-0.4, -0.2) is 23.7 Å². The Kier molecular flexibility index (Phi) is 4.25. The smallest absolute Gasteiger partial charge is 0.309 e. The van der Waals surface area contributed by atoms with Crippen molar-refractivity contribution in [3.8, 4) is 0 Å². The van der Waals surface area contributed by atoms with Crippen LogP contribution in [0.5, 0.6) is 0 Å². The topological polar surface area (TPSA) is 49.3 Å². The van der Waals surface area contributed by atoms with Crippen LogP contribution < -0.4 is 5.32 Å². The predicted octanol–water partition coefficient (Wildman–Crippen LogP) is 3.02. The highest BCUT2D eigenvalue weighted by Crippen LogP contribution is 2.36. The summed E-state index contributed by atoms with van der Waals surface area (Å²) < 4.78 is 0. The zero-order chi connectivity index (χ0) is 13.9. The molecule has 1 saturated carbocycles. The van der Waals surface area contributed by atoms with Crippen molar-refractivity contribution in [2.75, 3.05) is 6.54 Å². The standard InChI is InChI=1S/C16H23NO2/c1-16(2,15(18)19)8-9-17-14-10-13(11-14)12-6-4-3-5-7-12/h3-7,13-14,17H,8-11H2,1-2H3,(H,18,19). The van der Waals surface area contributed by atoms with Crippen molar-refractivity contribution in [3.63, 3.8) is 0 Å². The van der Waals surface area contributed by atoms with Gasteiger partial charge in [-0.3, -0.25) is 4.79 Å². The fraction of sp³-hybridized carbons (Fsp3) is 0.562. The molecule has 0 aliphatic heterocycles. The molecule has 1 fully saturated rings. The maximum absolute atomic E-state index is 11.0. The van der Waals surface area contributed by atoms with Gasteiger partial charge in [-0.15, -0.1) is 0 Å².